The zero-order valence-electron chi connectivity index (χ0n) is 7.33. The van der Waals surface area contributed by atoms with Crippen molar-refractivity contribution >= 4 is 0 Å². The lowest BCUT2D eigenvalue weighted by atomic mass is 10.1. The minimum Gasteiger partial charge on any atom is -0.393 e. The van der Waals surface area contributed by atoms with Crippen LogP contribution >= 0.6 is 0 Å². The minimum atomic E-state index is -0.467. The van der Waals surface area contributed by atoms with E-state index in [9.17, 15) is 5.11 Å². The predicted octanol–water partition coefficient (Wildman–Crippen LogP) is 0.766. The standard InChI is InChI=1S/C8H16O3/c1-6(9)7-4-10-8(2,3)11-5-7/h6-7,9H,4-5H2,1-3H3. The third-order valence-electron chi connectivity index (χ3n) is 1.97. The van der Waals surface area contributed by atoms with Crippen molar-refractivity contribution in [1.82, 2.24) is 0 Å². The molecule has 1 heterocycles. The van der Waals surface area contributed by atoms with Crippen LogP contribution < -0.4 is 0 Å². The first-order chi connectivity index (χ1) is 5.01. The molecule has 0 bridgehead atoms. The molecule has 1 saturated heterocycles. The van der Waals surface area contributed by atoms with Gasteiger partial charge < -0.3 is 14.6 Å². The number of ether oxygens (including phenoxy) is 2. The molecule has 0 aliphatic carbocycles. The van der Waals surface area contributed by atoms with Gasteiger partial charge in [0.15, 0.2) is 5.79 Å². The summed E-state index contributed by atoms with van der Waals surface area (Å²) >= 11 is 0. The zero-order chi connectivity index (χ0) is 8.48. The molecule has 0 spiro atoms. The number of aliphatic hydroxyl groups excluding tert-OH is 1. The summed E-state index contributed by atoms with van der Waals surface area (Å²) < 4.78 is 10.7. The average molecular weight is 160 g/mol. The topological polar surface area (TPSA) is 38.7 Å². The Morgan fingerprint density at radius 2 is 1.82 bits per heavy atom. The fraction of sp³-hybridized carbons (Fsp3) is 1.00. The third kappa shape index (κ3) is 2.43. The Bertz CT molecular complexity index is 121. The van der Waals surface area contributed by atoms with E-state index < -0.39 is 5.79 Å². The van der Waals surface area contributed by atoms with Crippen LogP contribution in [0, 0.1) is 5.92 Å². The van der Waals surface area contributed by atoms with E-state index in [1.165, 1.54) is 0 Å². The van der Waals surface area contributed by atoms with Crippen molar-refractivity contribution in [2.24, 2.45) is 5.92 Å². The number of aliphatic hydroxyl groups is 1. The summed E-state index contributed by atoms with van der Waals surface area (Å²) in [7, 11) is 0. The van der Waals surface area contributed by atoms with Gasteiger partial charge in [-0.25, -0.2) is 0 Å². The first kappa shape index (κ1) is 8.97. The number of hydrogen-bond acceptors (Lipinski definition) is 3. The van der Waals surface area contributed by atoms with Crippen molar-refractivity contribution < 1.29 is 14.6 Å². The van der Waals surface area contributed by atoms with Gasteiger partial charge in [0.2, 0.25) is 0 Å². The zero-order valence-corrected chi connectivity index (χ0v) is 7.33. The van der Waals surface area contributed by atoms with Crippen molar-refractivity contribution in [2.75, 3.05) is 13.2 Å². The highest BCUT2D eigenvalue weighted by molar-refractivity contribution is 4.70. The molecule has 66 valence electrons. The first-order valence-electron chi connectivity index (χ1n) is 3.97. The summed E-state index contributed by atoms with van der Waals surface area (Å²) in [5.41, 5.74) is 0. The molecule has 11 heavy (non-hydrogen) atoms. The summed E-state index contributed by atoms with van der Waals surface area (Å²) in [5, 5.41) is 9.19. The van der Waals surface area contributed by atoms with Crippen LogP contribution in [0.25, 0.3) is 0 Å². The van der Waals surface area contributed by atoms with Gasteiger partial charge in [0.05, 0.1) is 19.3 Å². The summed E-state index contributed by atoms with van der Waals surface area (Å²) in [6, 6.07) is 0. The van der Waals surface area contributed by atoms with Crippen LogP contribution in [0.3, 0.4) is 0 Å². The molecule has 1 rings (SSSR count). The van der Waals surface area contributed by atoms with Crippen molar-refractivity contribution in [3.63, 3.8) is 0 Å². The van der Waals surface area contributed by atoms with E-state index in [0.29, 0.717) is 13.2 Å². The molecule has 1 aliphatic heterocycles. The quantitative estimate of drug-likeness (QED) is 0.615. The Kier molecular flexibility index (Phi) is 2.52. The molecule has 0 radical (unpaired) electrons. The van der Waals surface area contributed by atoms with Gasteiger partial charge in [0, 0.05) is 5.92 Å². The van der Waals surface area contributed by atoms with Crippen LogP contribution in [0.15, 0.2) is 0 Å². The van der Waals surface area contributed by atoms with Crippen molar-refractivity contribution in [3.8, 4) is 0 Å². The first-order valence-corrected chi connectivity index (χ1v) is 3.97. The second-order valence-corrected chi connectivity index (χ2v) is 3.52. The second-order valence-electron chi connectivity index (χ2n) is 3.52. The van der Waals surface area contributed by atoms with Gasteiger partial charge in [0.25, 0.3) is 0 Å². The smallest absolute Gasteiger partial charge is 0.162 e. The van der Waals surface area contributed by atoms with Crippen LogP contribution in [0.5, 0.6) is 0 Å². The van der Waals surface area contributed by atoms with Gasteiger partial charge in [-0.15, -0.1) is 0 Å². The molecule has 3 nitrogen and oxygen atoms in total. The van der Waals surface area contributed by atoms with Gasteiger partial charge in [-0.2, -0.15) is 0 Å². The molecular weight excluding hydrogens is 144 g/mol. The largest absolute Gasteiger partial charge is 0.393 e. The van der Waals surface area contributed by atoms with E-state index in [2.05, 4.69) is 0 Å². The van der Waals surface area contributed by atoms with Crippen LogP contribution in [0.4, 0.5) is 0 Å². The monoisotopic (exact) mass is 160 g/mol. The maximum atomic E-state index is 9.19. The molecule has 1 aliphatic rings. The van der Waals surface area contributed by atoms with Crippen molar-refractivity contribution in [3.05, 3.63) is 0 Å². The summed E-state index contributed by atoms with van der Waals surface area (Å²) in [6.45, 7) is 6.70. The van der Waals surface area contributed by atoms with Crippen LogP contribution in [0.1, 0.15) is 20.8 Å². The van der Waals surface area contributed by atoms with E-state index in [1.807, 2.05) is 13.8 Å². The molecule has 3 heteroatoms. The van der Waals surface area contributed by atoms with E-state index in [4.69, 9.17) is 9.47 Å². The Balaban J connectivity index is 2.36. The van der Waals surface area contributed by atoms with E-state index in [-0.39, 0.29) is 12.0 Å². The van der Waals surface area contributed by atoms with Crippen LogP contribution in [-0.2, 0) is 9.47 Å². The molecular formula is C8H16O3. The molecule has 1 atom stereocenters. The average Bonchev–Trinajstić information content (AvgIpc) is 1.86. The van der Waals surface area contributed by atoms with Crippen molar-refractivity contribution in [1.29, 1.82) is 0 Å². The normalized spacial score (nSPS) is 28.4. The van der Waals surface area contributed by atoms with E-state index in [1.54, 1.807) is 6.92 Å². The SMILES string of the molecule is CC(O)C1COC(C)(C)OC1. The van der Waals surface area contributed by atoms with Gasteiger partial charge in [-0.1, -0.05) is 0 Å². The molecule has 0 amide bonds. The number of hydrogen-bond donors (Lipinski definition) is 1. The molecule has 1 unspecified atom stereocenters. The molecule has 0 saturated carbocycles. The van der Waals surface area contributed by atoms with Gasteiger partial charge in [-0.3, -0.25) is 0 Å². The highest BCUT2D eigenvalue weighted by atomic mass is 16.7. The minimum absolute atomic E-state index is 0.128. The van der Waals surface area contributed by atoms with Crippen LogP contribution in [0.2, 0.25) is 0 Å². The Labute approximate surface area is 67.3 Å². The molecule has 0 aromatic carbocycles. The molecule has 1 fully saturated rings. The fourth-order valence-corrected chi connectivity index (χ4v) is 0.984. The van der Waals surface area contributed by atoms with Crippen molar-refractivity contribution in [2.45, 2.75) is 32.7 Å². The maximum absolute atomic E-state index is 9.19. The summed E-state index contributed by atoms with van der Waals surface area (Å²) in [5.74, 6) is -0.339. The molecule has 0 aromatic heterocycles. The van der Waals surface area contributed by atoms with Gasteiger partial charge in [-0.05, 0) is 20.8 Å². The summed E-state index contributed by atoms with van der Waals surface area (Å²) in [4.78, 5) is 0. The lowest BCUT2D eigenvalue weighted by molar-refractivity contribution is -0.270. The molecule has 1 N–H and O–H groups in total. The Morgan fingerprint density at radius 3 is 2.18 bits per heavy atom. The predicted molar refractivity (Wildman–Crippen MR) is 41.2 cm³/mol. The maximum Gasteiger partial charge on any atom is 0.162 e. The second kappa shape index (κ2) is 3.09. The highest BCUT2D eigenvalue weighted by Gasteiger charge is 2.30. The van der Waals surface area contributed by atoms with Crippen LogP contribution in [-0.4, -0.2) is 30.2 Å². The number of rotatable bonds is 1. The van der Waals surface area contributed by atoms with Gasteiger partial charge >= 0.3 is 0 Å². The molecule has 0 aromatic rings. The highest BCUT2D eigenvalue weighted by Crippen LogP contribution is 2.21. The van der Waals surface area contributed by atoms with E-state index in [0.717, 1.165) is 0 Å². The third-order valence-corrected chi connectivity index (χ3v) is 1.97. The van der Waals surface area contributed by atoms with E-state index >= 15 is 0 Å². The lowest BCUT2D eigenvalue weighted by Gasteiger charge is -2.35. The fourth-order valence-electron chi connectivity index (χ4n) is 0.984. The Hall–Kier alpha value is -0.120. The van der Waals surface area contributed by atoms with Gasteiger partial charge in [0.1, 0.15) is 0 Å². The Morgan fingerprint density at radius 1 is 1.36 bits per heavy atom. The summed E-state index contributed by atoms with van der Waals surface area (Å²) in [6.07, 6.45) is -0.342. The lowest BCUT2D eigenvalue weighted by Crippen LogP contribution is -2.42.